The lowest BCUT2D eigenvalue weighted by Crippen LogP contribution is -2.23. The van der Waals surface area contributed by atoms with Crippen LogP contribution in [-0.2, 0) is 23.3 Å². The Balaban J connectivity index is 1.34. The highest BCUT2D eigenvalue weighted by Crippen LogP contribution is 2.32. The van der Waals surface area contributed by atoms with E-state index in [-0.39, 0.29) is 5.91 Å². The van der Waals surface area contributed by atoms with Crippen LogP contribution >= 0.6 is 23.1 Å². The Morgan fingerprint density at radius 2 is 2.00 bits per heavy atom. The molecule has 0 spiro atoms. The molecule has 0 N–H and O–H groups in total. The fraction of sp³-hybridized carbons (Fsp3) is 0.333. The van der Waals surface area contributed by atoms with Gasteiger partial charge >= 0.3 is 6.18 Å². The monoisotopic (exact) mass is 440 g/mol. The predicted octanol–water partition coefficient (Wildman–Crippen LogP) is 4.63. The van der Waals surface area contributed by atoms with Crippen molar-refractivity contribution >= 4 is 29.0 Å². The first-order valence-electron chi connectivity index (χ1n) is 8.73. The third-order valence-electron chi connectivity index (χ3n) is 4.30. The van der Waals surface area contributed by atoms with Gasteiger partial charge in [0.2, 0.25) is 11.8 Å². The van der Waals surface area contributed by atoms with Gasteiger partial charge in [0.05, 0.1) is 17.8 Å². The van der Waals surface area contributed by atoms with E-state index in [2.05, 4.69) is 15.2 Å². The molecule has 0 aliphatic carbocycles. The van der Waals surface area contributed by atoms with Crippen LogP contribution < -0.4 is 0 Å². The minimum atomic E-state index is -4.35. The number of aromatic nitrogens is 3. The van der Waals surface area contributed by atoms with Crippen LogP contribution in [0.25, 0.3) is 10.6 Å². The van der Waals surface area contributed by atoms with Crippen molar-refractivity contribution in [3.8, 4) is 10.6 Å². The lowest BCUT2D eigenvalue weighted by atomic mass is 10.1. The molecule has 2 aromatic heterocycles. The van der Waals surface area contributed by atoms with Gasteiger partial charge in [-0.05, 0) is 18.6 Å². The van der Waals surface area contributed by atoms with E-state index < -0.39 is 11.7 Å². The van der Waals surface area contributed by atoms with E-state index in [1.807, 2.05) is 5.38 Å². The molecule has 1 saturated heterocycles. The van der Waals surface area contributed by atoms with Crippen LogP contribution in [0.2, 0.25) is 0 Å². The van der Waals surface area contributed by atoms with Gasteiger partial charge in [0.25, 0.3) is 5.22 Å². The van der Waals surface area contributed by atoms with Crippen molar-refractivity contribution in [2.24, 2.45) is 0 Å². The van der Waals surface area contributed by atoms with Crippen LogP contribution in [0.15, 0.2) is 39.3 Å². The van der Waals surface area contributed by atoms with E-state index in [9.17, 15) is 18.0 Å². The molecule has 1 amide bonds. The van der Waals surface area contributed by atoms with Crippen molar-refractivity contribution < 1.29 is 22.4 Å². The molecule has 0 bridgehead atoms. The van der Waals surface area contributed by atoms with Crippen molar-refractivity contribution in [1.29, 1.82) is 0 Å². The highest BCUT2D eigenvalue weighted by atomic mass is 32.2. The number of likely N-dealkylation sites (tertiary alicyclic amines) is 1. The van der Waals surface area contributed by atoms with Crippen molar-refractivity contribution in [3.63, 3.8) is 0 Å². The van der Waals surface area contributed by atoms with Crippen LogP contribution in [0.1, 0.15) is 30.0 Å². The highest BCUT2D eigenvalue weighted by molar-refractivity contribution is 7.98. The molecular weight excluding hydrogens is 425 g/mol. The zero-order chi connectivity index (χ0) is 20.4. The van der Waals surface area contributed by atoms with Gasteiger partial charge in [0, 0.05) is 29.7 Å². The molecule has 0 atom stereocenters. The number of hydrogen-bond acceptors (Lipinski definition) is 7. The Bertz CT molecular complexity index is 1000. The summed E-state index contributed by atoms with van der Waals surface area (Å²) in [7, 11) is 0. The molecule has 1 aliphatic heterocycles. The third kappa shape index (κ3) is 4.78. The van der Waals surface area contributed by atoms with Gasteiger partial charge in [0.1, 0.15) is 5.01 Å². The fourth-order valence-corrected chi connectivity index (χ4v) is 4.44. The summed E-state index contributed by atoms with van der Waals surface area (Å²) < 4.78 is 43.6. The van der Waals surface area contributed by atoms with E-state index in [1.165, 1.54) is 35.2 Å². The lowest BCUT2D eigenvalue weighted by molar-refractivity contribution is -0.137. The van der Waals surface area contributed by atoms with Crippen LogP contribution in [0.5, 0.6) is 0 Å². The second-order valence-electron chi connectivity index (χ2n) is 6.39. The minimum Gasteiger partial charge on any atom is -0.414 e. The topological polar surface area (TPSA) is 72.1 Å². The molecule has 1 aromatic carbocycles. The zero-order valence-corrected chi connectivity index (χ0v) is 16.6. The van der Waals surface area contributed by atoms with E-state index in [4.69, 9.17) is 4.42 Å². The zero-order valence-electron chi connectivity index (χ0n) is 15.0. The normalized spacial score (nSPS) is 14.7. The molecular formula is C18H15F3N4O2S2. The number of amides is 1. The maximum atomic E-state index is 12.7. The quantitative estimate of drug-likeness (QED) is 0.521. The minimum absolute atomic E-state index is 0.0932. The second-order valence-corrected chi connectivity index (χ2v) is 8.17. The van der Waals surface area contributed by atoms with Crippen molar-refractivity contribution in [2.45, 2.75) is 36.5 Å². The molecule has 1 aliphatic rings. The number of alkyl halides is 3. The van der Waals surface area contributed by atoms with Gasteiger partial charge in [-0.3, -0.25) is 4.79 Å². The molecule has 152 valence electrons. The van der Waals surface area contributed by atoms with E-state index in [0.717, 1.165) is 24.2 Å². The van der Waals surface area contributed by atoms with Crippen molar-refractivity contribution in [1.82, 2.24) is 20.1 Å². The number of hydrogen-bond donors (Lipinski definition) is 0. The summed E-state index contributed by atoms with van der Waals surface area (Å²) in [5.41, 5.74) is 0.718. The summed E-state index contributed by atoms with van der Waals surface area (Å²) >= 11 is 2.68. The summed E-state index contributed by atoms with van der Waals surface area (Å²) in [6, 6.07) is 4.94. The summed E-state index contributed by atoms with van der Waals surface area (Å²) in [5, 5.41) is 10.8. The first-order chi connectivity index (χ1) is 13.9. The molecule has 11 heteroatoms. The van der Waals surface area contributed by atoms with Crippen molar-refractivity contribution in [3.05, 3.63) is 46.8 Å². The number of carbonyl (C=O) groups is 1. The van der Waals surface area contributed by atoms with Crippen LogP contribution in [0, 0.1) is 0 Å². The number of rotatable bonds is 6. The molecule has 29 heavy (non-hydrogen) atoms. The Morgan fingerprint density at radius 1 is 1.21 bits per heavy atom. The van der Waals surface area contributed by atoms with E-state index >= 15 is 0 Å². The largest absolute Gasteiger partial charge is 0.416 e. The maximum Gasteiger partial charge on any atom is 0.416 e. The van der Waals surface area contributed by atoms with Crippen LogP contribution in [0.3, 0.4) is 0 Å². The number of thiazole rings is 1. The molecule has 1 fully saturated rings. The van der Waals surface area contributed by atoms with Gasteiger partial charge < -0.3 is 9.32 Å². The Hall–Kier alpha value is -2.40. The fourth-order valence-electron chi connectivity index (χ4n) is 2.84. The number of nitrogens with zero attached hydrogens (tertiary/aromatic N) is 4. The summed E-state index contributed by atoms with van der Waals surface area (Å²) in [6.45, 7) is 1.02. The number of thioether (sulfide) groups is 1. The summed E-state index contributed by atoms with van der Waals surface area (Å²) in [4.78, 5) is 17.8. The average molecular weight is 440 g/mol. The van der Waals surface area contributed by atoms with Gasteiger partial charge in [-0.25, -0.2) is 4.98 Å². The molecule has 4 rings (SSSR count). The Morgan fingerprint density at radius 3 is 2.69 bits per heavy atom. The first kappa shape index (κ1) is 19.9. The van der Waals surface area contributed by atoms with Gasteiger partial charge in [0.15, 0.2) is 0 Å². The second kappa shape index (κ2) is 8.15. The van der Waals surface area contributed by atoms with Crippen LogP contribution in [0.4, 0.5) is 13.2 Å². The molecule has 6 nitrogen and oxygen atoms in total. The molecule has 0 radical (unpaired) electrons. The highest BCUT2D eigenvalue weighted by Gasteiger charge is 2.30. The molecule has 3 heterocycles. The number of carbonyl (C=O) groups excluding carboxylic acids is 1. The van der Waals surface area contributed by atoms with E-state index in [1.54, 1.807) is 4.90 Å². The SMILES string of the molecule is O=C1CCCN1Cc1nnc(SCc2csc(-c3ccc(C(F)(F)F)cc3)n2)o1. The van der Waals surface area contributed by atoms with E-state index in [0.29, 0.717) is 46.9 Å². The number of benzene rings is 1. The Kier molecular flexibility index (Phi) is 5.59. The standard InChI is InChI=1S/C18H15F3N4O2S2/c19-18(20,21)12-5-3-11(4-6-12)16-22-13(9-28-16)10-29-17-24-23-14(27-17)8-25-7-1-2-15(25)26/h3-6,9H,1-2,7-8,10H2. The Labute approximate surface area is 172 Å². The number of halogens is 3. The first-order valence-corrected chi connectivity index (χ1v) is 10.6. The predicted molar refractivity (Wildman–Crippen MR) is 101 cm³/mol. The average Bonchev–Trinajstić information content (AvgIpc) is 3.42. The van der Waals surface area contributed by atoms with Crippen molar-refractivity contribution in [2.75, 3.05) is 6.54 Å². The smallest absolute Gasteiger partial charge is 0.414 e. The van der Waals surface area contributed by atoms with Gasteiger partial charge in [-0.15, -0.1) is 21.5 Å². The van der Waals surface area contributed by atoms with Crippen LogP contribution in [-0.4, -0.2) is 32.5 Å². The summed E-state index contributed by atoms with van der Waals surface area (Å²) in [6.07, 6.45) is -2.95. The summed E-state index contributed by atoms with van der Waals surface area (Å²) in [5.74, 6) is 0.976. The maximum absolute atomic E-state index is 12.7. The molecule has 0 saturated carbocycles. The van der Waals surface area contributed by atoms with Gasteiger partial charge in [-0.2, -0.15) is 13.2 Å². The molecule has 0 unspecified atom stereocenters. The lowest BCUT2D eigenvalue weighted by Gasteiger charge is -2.11. The molecule has 3 aromatic rings. The van der Waals surface area contributed by atoms with Gasteiger partial charge in [-0.1, -0.05) is 23.9 Å². The third-order valence-corrected chi connectivity index (χ3v) is 6.09.